The number of carbonyl (C=O) groups is 1. The SMILES string of the molecule is O=C(NC1CCc2c(Cl)cccc21)N(CCCCO)C1CC1. The van der Waals surface area contributed by atoms with Crippen LogP contribution < -0.4 is 5.32 Å². The fraction of sp³-hybridized carbons (Fsp3) is 0.588. The van der Waals surface area contributed by atoms with E-state index in [1.54, 1.807) is 0 Å². The molecule has 1 aromatic rings. The lowest BCUT2D eigenvalue weighted by Gasteiger charge is -2.25. The molecule has 3 rings (SSSR count). The Labute approximate surface area is 136 Å². The normalized spacial score (nSPS) is 19.8. The molecule has 0 saturated heterocycles. The molecule has 2 aliphatic rings. The van der Waals surface area contributed by atoms with Gasteiger partial charge in [0.2, 0.25) is 0 Å². The lowest BCUT2D eigenvalue weighted by Crippen LogP contribution is -2.43. The number of hydrogen-bond acceptors (Lipinski definition) is 2. The standard InChI is InChI=1S/C17H23ClN2O2/c18-15-5-3-4-14-13(15)8-9-16(14)19-17(22)20(12-6-7-12)10-1-2-11-21/h3-5,12,16,21H,1-2,6-11H2,(H,19,22). The average Bonchev–Trinajstić information content (AvgIpc) is 3.26. The molecule has 0 aromatic heterocycles. The summed E-state index contributed by atoms with van der Waals surface area (Å²) < 4.78 is 0. The van der Waals surface area contributed by atoms with Gasteiger partial charge in [0, 0.05) is 24.2 Å². The molecule has 2 amide bonds. The van der Waals surface area contributed by atoms with Crippen LogP contribution in [0.15, 0.2) is 18.2 Å². The summed E-state index contributed by atoms with van der Waals surface area (Å²) in [4.78, 5) is 14.5. The number of hydrogen-bond donors (Lipinski definition) is 2. The first kappa shape index (κ1) is 15.6. The first-order valence-electron chi connectivity index (χ1n) is 8.16. The topological polar surface area (TPSA) is 52.6 Å². The molecule has 1 fully saturated rings. The highest BCUT2D eigenvalue weighted by Crippen LogP contribution is 2.36. The molecule has 4 nitrogen and oxygen atoms in total. The van der Waals surface area contributed by atoms with Crippen molar-refractivity contribution in [3.63, 3.8) is 0 Å². The fourth-order valence-electron chi connectivity index (χ4n) is 3.22. The quantitative estimate of drug-likeness (QED) is 0.790. The Balaban J connectivity index is 1.63. The molecule has 1 saturated carbocycles. The molecule has 120 valence electrons. The van der Waals surface area contributed by atoms with Crippen LogP contribution in [0.3, 0.4) is 0 Å². The van der Waals surface area contributed by atoms with Crippen molar-refractivity contribution in [3.8, 4) is 0 Å². The van der Waals surface area contributed by atoms with Crippen molar-refractivity contribution in [2.24, 2.45) is 0 Å². The Morgan fingerprint density at radius 3 is 2.86 bits per heavy atom. The van der Waals surface area contributed by atoms with Crippen molar-refractivity contribution in [1.29, 1.82) is 0 Å². The van der Waals surface area contributed by atoms with Gasteiger partial charge in [-0.05, 0) is 55.7 Å². The van der Waals surface area contributed by atoms with Crippen molar-refractivity contribution >= 4 is 17.6 Å². The maximum absolute atomic E-state index is 12.6. The summed E-state index contributed by atoms with van der Waals surface area (Å²) in [5.74, 6) is 0. The monoisotopic (exact) mass is 322 g/mol. The predicted molar refractivity (Wildman–Crippen MR) is 87.1 cm³/mol. The van der Waals surface area contributed by atoms with Crippen LogP contribution in [-0.2, 0) is 6.42 Å². The van der Waals surface area contributed by atoms with Crippen LogP contribution in [0.1, 0.15) is 49.3 Å². The van der Waals surface area contributed by atoms with E-state index >= 15 is 0 Å². The summed E-state index contributed by atoms with van der Waals surface area (Å²) in [6.07, 6.45) is 5.64. The van der Waals surface area contributed by atoms with Crippen molar-refractivity contribution in [1.82, 2.24) is 10.2 Å². The van der Waals surface area contributed by atoms with Crippen molar-refractivity contribution in [2.45, 2.75) is 50.6 Å². The van der Waals surface area contributed by atoms with Gasteiger partial charge >= 0.3 is 6.03 Å². The number of nitrogens with one attached hydrogen (secondary N) is 1. The Hall–Kier alpha value is -1.26. The highest BCUT2D eigenvalue weighted by atomic mass is 35.5. The van der Waals surface area contributed by atoms with Gasteiger partial charge in [-0.15, -0.1) is 0 Å². The van der Waals surface area contributed by atoms with Crippen LogP contribution in [0, 0.1) is 0 Å². The molecule has 0 spiro atoms. The maximum Gasteiger partial charge on any atom is 0.318 e. The van der Waals surface area contributed by atoms with E-state index in [1.807, 2.05) is 17.0 Å². The molecule has 22 heavy (non-hydrogen) atoms. The molecule has 2 N–H and O–H groups in total. The number of nitrogens with zero attached hydrogens (tertiary/aromatic N) is 1. The zero-order valence-corrected chi connectivity index (χ0v) is 13.5. The molecular formula is C17H23ClN2O2. The molecular weight excluding hydrogens is 300 g/mol. The number of carbonyl (C=O) groups excluding carboxylic acids is 1. The maximum atomic E-state index is 12.6. The van der Waals surface area contributed by atoms with Crippen LogP contribution in [-0.4, -0.2) is 35.2 Å². The van der Waals surface area contributed by atoms with E-state index in [9.17, 15) is 4.79 Å². The van der Waals surface area contributed by atoms with Gasteiger partial charge in [0.25, 0.3) is 0 Å². The molecule has 0 aliphatic heterocycles. The predicted octanol–water partition coefficient (Wildman–Crippen LogP) is 3.27. The number of rotatable bonds is 6. The zero-order valence-electron chi connectivity index (χ0n) is 12.7. The average molecular weight is 323 g/mol. The van der Waals surface area contributed by atoms with Gasteiger partial charge in [-0.25, -0.2) is 4.79 Å². The molecule has 1 unspecified atom stereocenters. The minimum absolute atomic E-state index is 0.0262. The molecule has 0 heterocycles. The van der Waals surface area contributed by atoms with E-state index < -0.39 is 0 Å². The van der Waals surface area contributed by atoms with E-state index in [1.165, 1.54) is 5.56 Å². The first-order valence-corrected chi connectivity index (χ1v) is 8.53. The number of urea groups is 1. The van der Waals surface area contributed by atoms with Gasteiger partial charge in [-0.2, -0.15) is 0 Å². The van der Waals surface area contributed by atoms with Crippen LogP contribution in [0.2, 0.25) is 5.02 Å². The number of benzene rings is 1. The largest absolute Gasteiger partial charge is 0.396 e. The highest BCUT2D eigenvalue weighted by molar-refractivity contribution is 6.31. The second-order valence-electron chi connectivity index (χ2n) is 6.20. The van der Waals surface area contributed by atoms with Crippen molar-refractivity contribution in [2.75, 3.05) is 13.2 Å². The summed E-state index contributed by atoms with van der Waals surface area (Å²) in [6, 6.07) is 6.41. The fourth-order valence-corrected chi connectivity index (χ4v) is 3.50. The molecule has 2 aliphatic carbocycles. The van der Waals surface area contributed by atoms with E-state index in [2.05, 4.69) is 11.4 Å². The molecule has 0 radical (unpaired) electrons. The third kappa shape index (κ3) is 3.39. The van der Waals surface area contributed by atoms with Gasteiger partial charge in [0.15, 0.2) is 0 Å². The summed E-state index contributed by atoms with van der Waals surface area (Å²) in [5, 5.41) is 12.9. The van der Waals surface area contributed by atoms with E-state index in [-0.39, 0.29) is 18.7 Å². The first-order chi connectivity index (χ1) is 10.7. The van der Waals surface area contributed by atoms with Crippen LogP contribution in [0.5, 0.6) is 0 Å². The van der Waals surface area contributed by atoms with Crippen LogP contribution >= 0.6 is 11.6 Å². The number of fused-ring (bicyclic) bond motifs is 1. The lowest BCUT2D eigenvalue weighted by atomic mass is 10.1. The Bertz CT molecular complexity index is 545. The summed E-state index contributed by atoms with van der Waals surface area (Å²) >= 11 is 6.23. The third-order valence-corrected chi connectivity index (χ3v) is 4.92. The van der Waals surface area contributed by atoms with Gasteiger partial charge in [-0.3, -0.25) is 0 Å². The van der Waals surface area contributed by atoms with Gasteiger partial charge < -0.3 is 15.3 Å². The van der Waals surface area contributed by atoms with Gasteiger partial charge in [-0.1, -0.05) is 23.7 Å². The summed E-state index contributed by atoms with van der Waals surface area (Å²) in [5.41, 5.74) is 2.33. The molecule has 1 aromatic carbocycles. The Kier molecular flexibility index (Phi) is 4.89. The molecule has 1 atom stereocenters. The number of halogens is 1. The summed E-state index contributed by atoms with van der Waals surface area (Å²) in [6.45, 7) is 0.917. The minimum Gasteiger partial charge on any atom is -0.396 e. The third-order valence-electron chi connectivity index (χ3n) is 4.57. The number of unbranched alkanes of at least 4 members (excludes halogenated alkanes) is 1. The Morgan fingerprint density at radius 1 is 1.32 bits per heavy atom. The van der Waals surface area contributed by atoms with Crippen molar-refractivity contribution < 1.29 is 9.90 Å². The van der Waals surface area contributed by atoms with E-state index in [0.29, 0.717) is 6.04 Å². The number of amides is 2. The number of aliphatic hydroxyl groups is 1. The van der Waals surface area contributed by atoms with E-state index in [0.717, 1.165) is 55.7 Å². The summed E-state index contributed by atoms with van der Waals surface area (Å²) in [7, 11) is 0. The van der Waals surface area contributed by atoms with E-state index in [4.69, 9.17) is 16.7 Å². The Morgan fingerprint density at radius 2 is 2.14 bits per heavy atom. The lowest BCUT2D eigenvalue weighted by molar-refractivity contribution is 0.186. The molecule has 0 bridgehead atoms. The smallest absolute Gasteiger partial charge is 0.318 e. The van der Waals surface area contributed by atoms with Gasteiger partial charge in [0.05, 0.1) is 6.04 Å². The van der Waals surface area contributed by atoms with Crippen molar-refractivity contribution in [3.05, 3.63) is 34.3 Å². The van der Waals surface area contributed by atoms with Crippen LogP contribution in [0.4, 0.5) is 4.79 Å². The van der Waals surface area contributed by atoms with Crippen LogP contribution in [0.25, 0.3) is 0 Å². The number of aliphatic hydroxyl groups excluding tert-OH is 1. The second-order valence-corrected chi connectivity index (χ2v) is 6.61. The second kappa shape index (κ2) is 6.88. The molecule has 5 heteroatoms. The highest BCUT2D eigenvalue weighted by Gasteiger charge is 2.34. The van der Waals surface area contributed by atoms with Gasteiger partial charge in [0.1, 0.15) is 0 Å². The minimum atomic E-state index is 0.0262. The zero-order chi connectivity index (χ0) is 15.5.